The molecule has 0 saturated heterocycles. The molecule has 31 heavy (non-hydrogen) atoms. The number of anilines is 1. The number of ether oxygens (including phenoxy) is 1. The molecule has 6 nitrogen and oxygen atoms in total. The number of aliphatic imine (C=N–C) groups is 1. The van der Waals surface area contributed by atoms with E-state index in [0.717, 1.165) is 27.9 Å². The zero-order valence-corrected chi connectivity index (χ0v) is 18.8. The summed E-state index contributed by atoms with van der Waals surface area (Å²) in [4.78, 5) is 18.9. The highest BCUT2D eigenvalue weighted by Gasteiger charge is 2.24. The van der Waals surface area contributed by atoms with E-state index in [2.05, 4.69) is 10.3 Å². The molecule has 0 aromatic heterocycles. The smallest absolute Gasteiger partial charge is 0.356 e. The Balaban J connectivity index is 2.19. The summed E-state index contributed by atoms with van der Waals surface area (Å²) in [5.74, 6) is 0.582. The van der Waals surface area contributed by atoms with Gasteiger partial charge in [0.1, 0.15) is 11.6 Å². The highest BCUT2D eigenvalue weighted by Crippen LogP contribution is 2.29. The van der Waals surface area contributed by atoms with Gasteiger partial charge in [0, 0.05) is 30.1 Å². The van der Waals surface area contributed by atoms with Gasteiger partial charge in [-0.3, -0.25) is 0 Å². The van der Waals surface area contributed by atoms with Crippen molar-refractivity contribution in [1.82, 2.24) is 5.32 Å². The summed E-state index contributed by atoms with van der Waals surface area (Å²) >= 11 is 0. The number of hydrogen-bond acceptors (Lipinski definition) is 6. The van der Waals surface area contributed by atoms with Crippen LogP contribution in [0, 0.1) is 26.2 Å². The Morgan fingerprint density at radius 1 is 1.06 bits per heavy atom. The van der Waals surface area contributed by atoms with E-state index < -0.39 is 5.97 Å². The van der Waals surface area contributed by atoms with Crippen molar-refractivity contribution < 1.29 is 9.53 Å². The molecular formula is C25H28N4O2. The first kappa shape index (κ1) is 22.0. The Labute approximate surface area is 183 Å². The number of nitrogens with zero attached hydrogens (tertiary/aromatic N) is 2. The molecule has 0 spiro atoms. The minimum atomic E-state index is -0.530. The van der Waals surface area contributed by atoms with E-state index in [1.807, 2.05) is 75.2 Å². The van der Waals surface area contributed by atoms with E-state index >= 15 is 0 Å². The van der Waals surface area contributed by atoms with Gasteiger partial charge in [-0.2, -0.15) is 0 Å². The second-order valence-electron chi connectivity index (χ2n) is 7.65. The number of aryl methyl sites for hydroxylation is 3. The summed E-state index contributed by atoms with van der Waals surface area (Å²) in [6.45, 7) is 7.78. The van der Waals surface area contributed by atoms with Gasteiger partial charge in [-0.15, -0.1) is 0 Å². The first-order valence-electron chi connectivity index (χ1n) is 10.1. The van der Waals surface area contributed by atoms with Crippen LogP contribution >= 0.6 is 0 Å². The van der Waals surface area contributed by atoms with E-state index in [1.165, 1.54) is 7.11 Å². The molecule has 0 unspecified atom stereocenters. The molecule has 1 aliphatic heterocycles. The molecule has 6 heteroatoms. The number of esters is 1. The van der Waals surface area contributed by atoms with Gasteiger partial charge in [0.15, 0.2) is 5.71 Å². The summed E-state index contributed by atoms with van der Waals surface area (Å²) in [6.07, 6.45) is 1.66. The van der Waals surface area contributed by atoms with Gasteiger partial charge < -0.3 is 20.4 Å². The Morgan fingerprint density at radius 3 is 2.23 bits per heavy atom. The molecule has 1 heterocycles. The van der Waals surface area contributed by atoms with E-state index in [1.54, 1.807) is 13.0 Å². The minimum absolute atomic E-state index is 0.176. The number of methoxy groups -OCH3 is 1. The average Bonchev–Trinajstić information content (AvgIpc) is 2.75. The van der Waals surface area contributed by atoms with Crippen molar-refractivity contribution in [3.05, 3.63) is 82.4 Å². The molecule has 2 aromatic carbocycles. The number of benzene rings is 2. The molecular weight excluding hydrogens is 388 g/mol. The maximum absolute atomic E-state index is 12.4. The molecule has 0 amide bonds. The lowest BCUT2D eigenvalue weighted by molar-refractivity contribution is -0.132. The maximum Gasteiger partial charge on any atom is 0.356 e. The number of nitrogens with one attached hydrogen (secondary N) is 2. The average molecular weight is 417 g/mol. The van der Waals surface area contributed by atoms with Gasteiger partial charge in [-0.05, 0) is 56.5 Å². The molecule has 0 radical (unpaired) electrons. The second kappa shape index (κ2) is 9.00. The van der Waals surface area contributed by atoms with Gasteiger partial charge in [0.05, 0.1) is 7.11 Å². The van der Waals surface area contributed by atoms with Crippen LogP contribution in [0.3, 0.4) is 0 Å². The highest BCUT2D eigenvalue weighted by atomic mass is 16.5. The Bertz CT molecular complexity index is 1100. The summed E-state index contributed by atoms with van der Waals surface area (Å²) in [7, 11) is 3.25. The van der Waals surface area contributed by atoms with Gasteiger partial charge >= 0.3 is 5.97 Å². The van der Waals surface area contributed by atoms with Crippen LogP contribution in [0.25, 0.3) is 5.57 Å². The number of carbonyl (C=O) groups excluding carboxylic acids is 1. The van der Waals surface area contributed by atoms with Crippen LogP contribution in [0.15, 0.2) is 65.2 Å². The molecule has 0 atom stereocenters. The van der Waals surface area contributed by atoms with Gasteiger partial charge in [0.25, 0.3) is 0 Å². The lowest BCUT2D eigenvalue weighted by Crippen LogP contribution is -2.34. The fourth-order valence-electron chi connectivity index (χ4n) is 3.58. The van der Waals surface area contributed by atoms with E-state index in [0.29, 0.717) is 22.9 Å². The standard InChI is InChI=1S/C25H28N4O2/c1-15-10-12-19(13-11-15)29(5)21-14-20(25(30)31-6)27-24(28-21)23(18(4)26)22-16(2)8-7-9-17(22)3/h7-14,26,28H,1-6H3/b24-23+,26-18?. The number of carbonyl (C=O) groups is 1. The van der Waals surface area contributed by atoms with Crippen LogP contribution < -0.4 is 10.2 Å². The molecule has 0 fully saturated rings. The first-order valence-corrected chi connectivity index (χ1v) is 10.1. The third-order valence-corrected chi connectivity index (χ3v) is 5.27. The van der Waals surface area contributed by atoms with Gasteiger partial charge in [0.2, 0.25) is 0 Å². The summed E-state index contributed by atoms with van der Waals surface area (Å²) in [5.41, 5.74) is 6.31. The van der Waals surface area contributed by atoms with Crippen molar-refractivity contribution in [3.63, 3.8) is 0 Å². The Morgan fingerprint density at radius 2 is 1.68 bits per heavy atom. The fourth-order valence-corrected chi connectivity index (χ4v) is 3.58. The third-order valence-electron chi connectivity index (χ3n) is 5.27. The Hall–Kier alpha value is -3.67. The van der Waals surface area contributed by atoms with Crippen LogP contribution in [0.5, 0.6) is 0 Å². The van der Waals surface area contributed by atoms with Crippen molar-refractivity contribution in [2.45, 2.75) is 27.7 Å². The summed E-state index contributed by atoms with van der Waals surface area (Å²) in [5, 5.41) is 11.8. The Kier molecular flexibility index (Phi) is 6.39. The normalized spacial score (nSPS) is 14.8. The van der Waals surface area contributed by atoms with E-state index in [9.17, 15) is 4.79 Å². The largest absolute Gasteiger partial charge is 0.464 e. The zero-order valence-electron chi connectivity index (χ0n) is 18.8. The van der Waals surface area contributed by atoms with Crippen LogP contribution in [-0.2, 0) is 9.53 Å². The molecule has 0 saturated carbocycles. The lowest BCUT2D eigenvalue weighted by atomic mass is 9.92. The molecule has 3 rings (SSSR count). The lowest BCUT2D eigenvalue weighted by Gasteiger charge is -2.28. The first-order chi connectivity index (χ1) is 14.7. The topological polar surface area (TPSA) is 77.8 Å². The van der Waals surface area contributed by atoms with E-state index in [-0.39, 0.29) is 5.71 Å². The number of rotatable bonds is 5. The van der Waals surface area contributed by atoms with Crippen molar-refractivity contribution >= 4 is 28.7 Å². The molecule has 160 valence electrons. The van der Waals surface area contributed by atoms with Crippen molar-refractivity contribution in [2.75, 3.05) is 19.1 Å². The van der Waals surface area contributed by atoms with E-state index in [4.69, 9.17) is 10.1 Å². The zero-order chi connectivity index (χ0) is 22.7. The fraction of sp³-hybridized carbons (Fsp3) is 0.240. The van der Waals surface area contributed by atoms with Crippen LogP contribution in [0.4, 0.5) is 5.69 Å². The van der Waals surface area contributed by atoms with Crippen molar-refractivity contribution in [2.24, 2.45) is 4.99 Å². The monoisotopic (exact) mass is 416 g/mol. The van der Waals surface area contributed by atoms with Gasteiger partial charge in [-0.1, -0.05) is 35.9 Å². The summed E-state index contributed by atoms with van der Waals surface area (Å²) < 4.78 is 4.94. The highest BCUT2D eigenvalue weighted by molar-refractivity contribution is 6.42. The molecule has 0 bridgehead atoms. The predicted octanol–water partition coefficient (Wildman–Crippen LogP) is 4.52. The number of allylic oxidation sites excluding steroid dienone is 1. The van der Waals surface area contributed by atoms with Crippen molar-refractivity contribution in [1.29, 1.82) is 5.41 Å². The SMILES string of the molecule is COC(=O)C1=N/C(=C(/C(C)=N)c2c(C)cccc2C)NC(N(C)c2ccc(C)cc2)=C1. The quantitative estimate of drug-likeness (QED) is 0.555. The third kappa shape index (κ3) is 4.58. The molecule has 0 aliphatic carbocycles. The molecule has 1 aliphatic rings. The van der Waals surface area contributed by atoms with Crippen LogP contribution in [0.2, 0.25) is 0 Å². The maximum atomic E-state index is 12.4. The molecule has 2 N–H and O–H groups in total. The van der Waals surface area contributed by atoms with Crippen LogP contribution in [0.1, 0.15) is 29.2 Å². The minimum Gasteiger partial charge on any atom is -0.464 e. The van der Waals surface area contributed by atoms with Crippen LogP contribution in [-0.4, -0.2) is 31.6 Å². The second-order valence-corrected chi connectivity index (χ2v) is 7.65. The predicted molar refractivity (Wildman–Crippen MR) is 126 cm³/mol. The molecule has 2 aromatic rings. The number of hydrogen-bond donors (Lipinski definition) is 2. The van der Waals surface area contributed by atoms with Gasteiger partial charge in [-0.25, -0.2) is 9.79 Å². The van der Waals surface area contributed by atoms with Crippen molar-refractivity contribution in [3.8, 4) is 0 Å². The summed E-state index contributed by atoms with van der Waals surface area (Å²) in [6, 6.07) is 14.1.